The molecule has 6 nitrogen and oxygen atoms in total. The van der Waals surface area contributed by atoms with Crippen molar-refractivity contribution < 1.29 is 9.53 Å². The molecule has 0 radical (unpaired) electrons. The van der Waals surface area contributed by atoms with Gasteiger partial charge in [0, 0.05) is 44.7 Å². The fourth-order valence-electron chi connectivity index (χ4n) is 2.62. The van der Waals surface area contributed by atoms with Gasteiger partial charge in [0.1, 0.15) is 0 Å². The Balaban J connectivity index is 1.81. The van der Waals surface area contributed by atoms with Gasteiger partial charge in [0.15, 0.2) is 6.10 Å². The van der Waals surface area contributed by atoms with Gasteiger partial charge >= 0.3 is 0 Å². The van der Waals surface area contributed by atoms with Crippen molar-refractivity contribution in [2.24, 2.45) is 7.05 Å². The number of rotatable bonds is 4. The maximum absolute atomic E-state index is 12.5. The van der Waals surface area contributed by atoms with Crippen molar-refractivity contribution in [3.63, 3.8) is 0 Å². The van der Waals surface area contributed by atoms with Crippen LogP contribution >= 0.6 is 0 Å². The number of benzene rings is 1. The summed E-state index contributed by atoms with van der Waals surface area (Å²) in [5, 5.41) is 10.3. The molecule has 2 N–H and O–H groups in total. The molecule has 0 fully saturated rings. The fraction of sp³-hybridized carbons (Fsp3) is 0.333. The number of hydrogen-bond donors (Lipinski definition) is 2. The number of aryl methyl sites for hydroxylation is 1. The van der Waals surface area contributed by atoms with Crippen LogP contribution in [0.25, 0.3) is 0 Å². The van der Waals surface area contributed by atoms with Crippen LogP contribution in [0, 0.1) is 0 Å². The average Bonchev–Trinajstić information content (AvgIpc) is 3.09. The molecule has 0 spiro atoms. The monoisotopic (exact) mass is 286 g/mol. The van der Waals surface area contributed by atoms with E-state index >= 15 is 0 Å². The predicted octanol–water partition coefficient (Wildman–Crippen LogP) is 1.35. The first-order valence-electron chi connectivity index (χ1n) is 6.82. The maximum atomic E-state index is 12.5. The highest BCUT2D eigenvalue weighted by Gasteiger charge is 2.23. The molecular weight excluding hydrogens is 268 g/mol. The van der Waals surface area contributed by atoms with Crippen LogP contribution in [0.1, 0.15) is 22.8 Å². The summed E-state index contributed by atoms with van der Waals surface area (Å²) in [7, 11) is 3.33. The van der Waals surface area contributed by atoms with E-state index in [1.165, 1.54) is 12.7 Å². The van der Waals surface area contributed by atoms with Crippen LogP contribution in [0.15, 0.2) is 30.6 Å². The maximum Gasteiger partial charge on any atom is 0.258 e. The summed E-state index contributed by atoms with van der Waals surface area (Å²) in [6, 6.07) is 5.94. The first kappa shape index (κ1) is 13.8. The van der Waals surface area contributed by atoms with Crippen molar-refractivity contribution in [3.8, 4) is 0 Å². The van der Waals surface area contributed by atoms with Crippen LogP contribution in [0.5, 0.6) is 0 Å². The molecule has 0 saturated heterocycles. The summed E-state index contributed by atoms with van der Waals surface area (Å²) in [4.78, 5) is 12.5. The van der Waals surface area contributed by atoms with E-state index in [2.05, 4.69) is 21.8 Å². The lowest BCUT2D eigenvalue weighted by Crippen LogP contribution is -2.23. The minimum atomic E-state index is -0.663. The summed E-state index contributed by atoms with van der Waals surface area (Å²) in [6.07, 6.45) is 2.76. The Morgan fingerprint density at radius 1 is 1.48 bits per heavy atom. The minimum absolute atomic E-state index is 0.189. The van der Waals surface area contributed by atoms with Crippen molar-refractivity contribution in [3.05, 3.63) is 47.3 Å². The Morgan fingerprint density at radius 2 is 2.33 bits per heavy atom. The van der Waals surface area contributed by atoms with Gasteiger partial charge < -0.3 is 15.4 Å². The quantitative estimate of drug-likeness (QED) is 0.890. The lowest BCUT2D eigenvalue weighted by molar-refractivity contribution is -0.126. The molecule has 0 aliphatic carbocycles. The van der Waals surface area contributed by atoms with Crippen molar-refractivity contribution in [2.75, 3.05) is 12.4 Å². The zero-order valence-corrected chi connectivity index (χ0v) is 12.1. The zero-order chi connectivity index (χ0) is 14.8. The normalized spacial score (nSPS) is 14.8. The van der Waals surface area contributed by atoms with E-state index in [1.54, 1.807) is 17.1 Å². The SMILES string of the molecule is COC(C(=O)Nc1cccc2c1CNC2)c1cnn(C)c1. The highest BCUT2D eigenvalue weighted by molar-refractivity contribution is 5.95. The van der Waals surface area contributed by atoms with Crippen LogP contribution in [0.3, 0.4) is 0 Å². The van der Waals surface area contributed by atoms with Gasteiger partial charge in [-0.25, -0.2) is 0 Å². The summed E-state index contributed by atoms with van der Waals surface area (Å²) in [5.74, 6) is -0.189. The number of nitrogens with one attached hydrogen (secondary N) is 2. The molecule has 1 aliphatic heterocycles. The molecule has 1 unspecified atom stereocenters. The standard InChI is InChI=1S/C15H18N4O2/c1-19-9-11(7-17-19)14(21-2)15(20)18-13-5-3-4-10-6-16-8-12(10)13/h3-5,7,9,14,16H,6,8H2,1-2H3,(H,18,20). The highest BCUT2D eigenvalue weighted by Crippen LogP contribution is 2.26. The van der Waals surface area contributed by atoms with Gasteiger partial charge in [-0.15, -0.1) is 0 Å². The van der Waals surface area contributed by atoms with Crippen LogP contribution in [0.4, 0.5) is 5.69 Å². The van der Waals surface area contributed by atoms with Crippen molar-refractivity contribution in [2.45, 2.75) is 19.2 Å². The van der Waals surface area contributed by atoms with E-state index < -0.39 is 6.10 Å². The van der Waals surface area contributed by atoms with Crippen LogP contribution < -0.4 is 10.6 Å². The zero-order valence-electron chi connectivity index (χ0n) is 12.1. The van der Waals surface area contributed by atoms with Gasteiger partial charge in [-0.3, -0.25) is 9.48 Å². The Hall–Kier alpha value is -2.18. The van der Waals surface area contributed by atoms with Crippen molar-refractivity contribution >= 4 is 11.6 Å². The molecule has 1 amide bonds. The molecule has 0 saturated carbocycles. The third-order valence-corrected chi connectivity index (χ3v) is 3.65. The second-order valence-corrected chi connectivity index (χ2v) is 5.10. The van der Waals surface area contributed by atoms with Gasteiger partial charge in [-0.05, 0) is 17.2 Å². The van der Waals surface area contributed by atoms with Crippen molar-refractivity contribution in [1.29, 1.82) is 0 Å². The summed E-state index contributed by atoms with van der Waals surface area (Å²) in [6.45, 7) is 1.62. The number of carbonyl (C=O) groups is 1. The van der Waals surface area contributed by atoms with Crippen LogP contribution in [0.2, 0.25) is 0 Å². The molecule has 2 heterocycles. The number of hydrogen-bond acceptors (Lipinski definition) is 4. The van der Waals surface area contributed by atoms with E-state index in [-0.39, 0.29) is 5.91 Å². The second kappa shape index (κ2) is 5.67. The number of carbonyl (C=O) groups excluding carboxylic acids is 1. The van der Waals surface area contributed by atoms with Gasteiger partial charge in [0.05, 0.1) is 6.20 Å². The Bertz CT molecular complexity index is 665. The van der Waals surface area contributed by atoms with E-state index in [0.717, 1.165) is 29.9 Å². The van der Waals surface area contributed by atoms with E-state index in [1.807, 2.05) is 19.2 Å². The lowest BCUT2D eigenvalue weighted by Gasteiger charge is -2.15. The van der Waals surface area contributed by atoms with Crippen LogP contribution in [-0.2, 0) is 29.7 Å². The molecule has 1 aromatic heterocycles. The van der Waals surface area contributed by atoms with Crippen molar-refractivity contribution in [1.82, 2.24) is 15.1 Å². The number of aromatic nitrogens is 2. The Kier molecular flexibility index (Phi) is 3.72. The molecule has 1 atom stereocenters. The predicted molar refractivity (Wildman–Crippen MR) is 78.6 cm³/mol. The molecule has 110 valence electrons. The van der Waals surface area contributed by atoms with Gasteiger partial charge in [-0.1, -0.05) is 12.1 Å². The third-order valence-electron chi connectivity index (χ3n) is 3.65. The second-order valence-electron chi connectivity index (χ2n) is 5.10. The highest BCUT2D eigenvalue weighted by atomic mass is 16.5. The van der Waals surface area contributed by atoms with E-state index in [0.29, 0.717) is 0 Å². The number of fused-ring (bicyclic) bond motifs is 1. The summed E-state index contributed by atoms with van der Waals surface area (Å²) >= 11 is 0. The molecule has 21 heavy (non-hydrogen) atoms. The minimum Gasteiger partial charge on any atom is -0.367 e. The molecule has 6 heteroatoms. The van der Waals surface area contributed by atoms with E-state index in [4.69, 9.17) is 4.74 Å². The number of nitrogens with zero attached hydrogens (tertiary/aromatic N) is 2. The Labute approximate surface area is 123 Å². The molecule has 1 aliphatic rings. The Morgan fingerprint density at radius 3 is 3.05 bits per heavy atom. The number of ether oxygens (including phenoxy) is 1. The first-order chi connectivity index (χ1) is 10.2. The van der Waals surface area contributed by atoms with Gasteiger partial charge in [0.2, 0.25) is 0 Å². The molecule has 3 rings (SSSR count). The smallest absolute Gasteiger partial charge is 0.258 e. The largest absolute Gasteiger partial charge is 0.367 e. The van der Waals surface area contributed by atoms with Gasteiger partial charge in [-0.2, -0.15) is 5.10 Å². The molecular formula is C15H18N4O2. The third kappa shape index (κ3) is 2.68. The summed E-state index contributed by atoms with van der Waals surface area (Å²) < 4.78 is 6.97. The molecule has 1 aromatic carbocycles. The molecule has 0 bridgehead atoms. The van der Waals surface area contributed by atoms with Gasteiger partial charge in [0.25, 0.3) is 5.91 Å². The van der Waals surface area contributed by atoms with E-state index in [9.17, 15) is 4.79 Å². The molecule has 2 aromatic rings. The first-order valence-corrected chi connectivity index (χ1v) is 6.82. The number of amides is 1. The summed E-state index contributed by atoms with van der Waals surface area (Å²) in [5.41, 5.74) is 3.95. The average molecular weight is 286 g/mol. The lowest BCUT2D eigenvalue weighted by atomic mass is 10.1. The number of anilines is 1. The topological polar surface area (TPSA) is 68.2 Å². The van der Waals surface area contributed by atoms with Crippen LogP contribution in [-0.4, -0.2) is 22.8 Å². The number of methoxy groups -OCH3 is 1. The fourth-order valence-corrected chi connectivity index (χ4v) is 2.62.